The number of carbonyl (C=O) groups is 2. The lowest BCUT2D eigenvalue weighted by Crippen LogP contribution is -2.51. The van der Waals surface area contributed by atoms with Crippen LogP contribution in [0, 0.1) is 6.92 Å². The van der Waals surface area contributed by atoms with Crippen LogP contribution in [-0.4, -0.2) is 69.2 Å². The molecule has 0 bridgehead atoms. The minimum Gasteiger partial charge on any atom is -0.352 e. The summed E-state index contributed by atoms with van der Waals surface area (Å²) in [7, 11) is 0. The Bertz CT molecular complexity index is 1010. The van der Waals surface area contributed by atoms with E-state index in [-0.39, 0.29) is 18.4 Å². The number of nitrogens with one attached hydrogen (secondary N) is 1. The molecule has 3 aromatic rings. The number of carbonyl (C=O) groups excluding carboxylic acids is 2. The maximum Gasteiger partial charge on any atom is 0.251 e. The molecule has 4 rings (SSSR count). The van der Waals surface area contributed by atoms with Crippen molar-refractivity contribution >= 4 is 17.6 Å². The standard InChI is InChI=1S/C21H23N7O2/c1-16-22-9-10-28(16)19-8-7-18(24-25-19)26-11-13-27(14-12-26)20(29)15-23-21(30)17-5-3-2-4-6-17/h2-10H,11-15H2,1H3,(H,23,30). The molecule has 0 radical (unpaired) electrons. The molecule has 30 heavy (non-hydrogen) atoms. The van der Waals surface area contributed by atoms with E-state index in [1.54, 1.807) is 35.4 Å². The van der Waals surface area contributed by atoms with Gasteiger partial charge < -0.3 is 15.1 Å². The highest BCUT2D eigenvalue weighted by atomic mass is 16.2. The van der Waals surface area contributed by atoms with Gasteiger partial charge in [0.05, 0.1) is 6.54 Å². The summed E-state index contributed by atoms with van der Waals surface area (Å²) in [5.41, 5.74) is 0.544. The van der Waals surface area contributed by atoms with E-state index < -0.39 is 0 Å². The summed E-state index contributed by atoms with van der Waals surface area (Å²) in [4.78, 5) is 32.6. The number of rotatable bonds is 5. The van der Waals surface area contributed by atoms with Gasteiger partial charge >= 0.3 is 0 Å². The number of amides is 2. The monoisotopic (exact) mass is 405 g/mol. The van der Waals surface area contributed by atoms with Crippen molar-refractivity contribution in [3.63, 3.8) is 0 Å². The zero-order valence-electron chi connectivity index (χ0n) is 16.7. The van der Waals surface area contributed by atoms with Gasteiger partial charge in [0.15, 0.2) is 11.6 Å². The number of hydrogen-bond acceptors (Lipinski definition) is 6. The molecular weight excluding hydrogens is 382 g/mol. The van der Waals surface area contributed by atoms with Crippen molar-refractivity contribution in [3.8, 4) is 5.82 Å². The van der Waals surface area contributed by atoms with E-state index in [9.17, 15) is 9.59 Å². The van der Waals surface area contributed by atoms with Crippen LogP contribution in [-0.2, 0) is 4.79 Å². The molecule has 0 saturated carbocycles. The Hall–Kier alpha value is -3.75. The number of anilines is 1. The largest absolute Gasteiger partial charge is 0.352 e. The summed E-state index contributed by atoms with van der Waals surface area (Å²) < 4.78 is 1.87. The van der Waals surface area contributed by atoms with Crippen molar-refractivity contribution in [2.24, 2.45) is 0 Å². The smallest absolute Gasteiger partial charge is 0.251 e. The van der Waals surface area contributed by atoms with E-state index in [2.05, 4.69) is 25.4 Å². The van der Waals surface area contributed by atoms with Crippen LogP contribution in [0.25, 0.3) is 5.82 Å². The average Bonchev–Trinajstić information content (AvgIpc) is 3.24. The molecule has 3 heterocycles. The summed E-state index contributed by atoms with van der Waals surface area (Å²) >= 11 is 0. The number of hydrogen-bond donors (Lipinski definition) is 1. The molecule has 1 aliphatic rings. The van der Waals surface area contributed by atoms with Crippen molar-refractivity contribution in [1.82, 2.24) is 30.0 Å². The summed E-state index contributed by atoms with van der Waals surface area (Å²) in [6, 6.07) is 12.7. The predicted octanol–water partition coefficient (Wildman–Crippen LogP) is 1.05. The van der Waals surface area contributed by atoms with Crippen LogP contribution >= 0.6 is 0 Å². The van der Waals surface area contributed by atoms with Crippen molar-refractivity contribution in [3.05, 3.63) is 66.2 Å². The summed E-state index contributed by atoms with van der Waals surface area (Å²) in [5, 5.41) is 11.3. The first kappa shape index (κ1) is 19.6. The van der Waals surface area contributed by atoms with E-state index in [1.165, 1.54) is 0 Å². The minimum absolute atomic E-state index is 0.00745. The van der Waals surface area contributed by atoms with Crippen molar-refractivity contribution in [1.29, 1.82) is 0 Å². The number of aryl methyl sites for hydroxylation is 1. The van der Waals surface area contributed by atoms with Crippen LogP contribution in [0.2, 0.25) is 0 Å². The van der Waals surface area contributed by atoms with Crippen molar-refractivity contribution in [2.45, 2.75) is 6.92 Å². The van der Waals surface area contributed by atoms with E-state index in [0.717, 1.165) is 17.5 Å². The van der Waals surface area contributed by atoms with Gasteiger partial charge in [-0.05, 0) is 31.2 Å². The normalized spacial score (nSPS) is 13.9. The number of aromatic nitrogens is 4. The average molecular weight is 405 g/mol. The van der Waals surface area contributed by atoms with Gasteiger partial charge in [0.2, 0.25) is 5.91 Å². The van der Waals surface area contributed by atoms with Gasteiger partial charge in [-0.3, -0.25) is 14.2 Å². The third-order valence-corrected chi connectivity index (χ3v) is 5.10. The fourth-order valence-corrected chi connectivity index (χ4v) is 3.38. The lowest BCUT2D eigenvalue weighted by Gasteiger charge is -2.35. The van der Waals surface area contributed by atoms with Gasteiger partial charge in [-0.2, -0.15) is 0 Å². The summed E-state index contributed by atoms with van der Waals surface area (Å²) in [6.45, 7) is 4.38. The predicted molar refractivity (Wildman–Crippen MR) is 111 cm³/mol. The molecule has 0 spiro atoms. The van der Waals surface area contributed by atoms with Gasteiger partial charge in [-0.1, -0.05) is 18.2 Å². The first-order valence-corrected chi connectivity index (χ1v) is 9.82. The number of benzene rings is 1. The third-order valence-electron chi connectivity index (χ3n) is 5.10. The molecule has 154 valence electrons. The second-order valence-corrected chi connectivity index (χ2v) is 7.01. The maximum absolute atomic E-state index is 12.4. The van der Waals surface area contributed by atoms with E-state index >= 15 is 0 Å². The van der Waals surface area contributed by atoms with Crippen LogP contribution < -0.4 is 10.2 Å². The molecule has 9 nitrogen and oxygen atoms in total. The maximum atomic E-state index is 12.4. The Morgan fingerprint density at radius 1 is 0.967 bits per heavy atom. The highest BCUT2D eigenvalue weighted by molar-refractivity contribution is 5.96. The van der Waals surface area contributed by atoms with Crippen LogP contribution in [0.4, 0.5) is 5.82 Å². The Kier molecular flexibility index (Phi) is 5.69. The SMILES string of the molecule is Cc1nccn1-c1ccc(N2CCN(C(=O)CNC(=O)c3ccccc3)CC2)nn1. The van der Waals surface area contributed by atoms with Gasteiger partial charge in [0, 0.05) is 44.1 Å². The molecule has 9 heteroatoms. The Labute approximate surface area is 174 Å². The first-order valence-electron chi connectivity index (χ1n) is 9.82. The number of nitrogens with zero attached hydrogens (tertiary/aromatic N) is 6. The van der Waals surface area contributed by atoms with Gasteiger partial charge in [0.25, 0.3) is 5.91 Å². The molecule has 0 unspecified atom stereocenters. The van der Waals surface area contributed by atoms with Crippen LogP contribution in [0.1, 0.15) is 16.2 Å². The molecule has 2 amide bonds. The lowest BCUT2D eigenvalue weighted by atomic mass is 10.2. The van der Waals surface area contributed by atoms with Crippen molar-refractivity contribution < 1.29 is 9.59 Å². The molecule has 1 saturated heterocycles. The zero-order chi connectivity index (χ0) is 20.9. The highest BCUT2D eigenvalue weighted by Crippen LogP contribution is 2.15. The van der Waals surface area contributed by atoms with Crippen LogP contribution in [0.15, 0.2) is 54.9 Å². The molecule has 2 aromatic heterocycles. The quantitative estimate of drug-likeness (QED) is 0.682. The Balaban J connectivity index is 1.28. The number of piperazine rings is 1. The van der Waals surface area contributed by atoms with Gasteiger partial charge in [0.1, 0.15) is 5.82 Å². The Morgan fingerprint density at radius 2 is 1.67 bits per heavy atom. The molecule has 1 fully saturated rings. The topological polar surface area (TPSA) is 96.2 Å². The fourth-order valence-electron chi connectivity index (χ4n) is 3.38. The van der Waals surface area contributed by atoms with Gasteiger partial charge in [-0.15, -0.1) is 10.2 Å². The second kappa shape index (κ2) is 8.73. The molecular formula is C21H23N7O2. The second-order valence-electron chi connectivity index (χ2n) is 7.01. The van der Waals surface area contributed by atoms with Gasteiger partial charge in [-0.25, -0.2) is 4.98 Å². The zero-order valence-corrected chi connectivity index (χ0v) is 16.7. The molecule has 0 atom stereocenters. The fraction of sp³-hybridized carbons (Fsp3) is 0.286. The van der Waals surface area contributed by atoms with E-state index in [4.69, 9.17) is 0 Å². The third kappa shape index (κ3) is 4.29. The molecule has 1 N–H and O–H groups in total. The molecule has 1 aliphatic heterocycles. The Morgan fingerprint density at radius 3 is 2.30 bits per heavy atom. The highest BCUT2D eigenvalue weighted by Gasteiger charge is 2.22. The summed E-state index contributed by atoms with van der Waals surface area (Å²) in [5.74, 6) is 2.02. The molecule has 1 aromatic carbocycles. The number of imidazole rings is 1. The van der Waals surface area contributed by atoms with E-state index in [1.807, 2.05) is 35.9 Å². The van der Waals surface area contributed by atoms with Crippen LogP contribution in [0.3, 0.4) is 0 Å². The molecule has 0 aliphatic carbocycles. The minimum atomic E-state index is -0.244. The van der Waals surface area contributed by atoms with Crippen molar-refractivity contribution in [2.75, 3.05) is 37.6 Å². The van der Waals surface area contributed by atoms with E-state index in [0.29, 0.717) is 31.7 Å². The lowest BCUT2D eigenvalue weighted by molar-refractivity contribution is -0.130. The first-order chi connectivity index (χ1) is 14.6. The van der Waals surface area contributed by atoms with Crippen LogP contribution in [0.5, 0.6) is 0 Å². The summed E-state index contributed by atoms with van der Waals surface area (Å²) in [6.07, 6.45) is 3.57.